The first-order valence-electron chi connectivity index (χ1n) is 7.15. The summed E-state index contributed by atoms with van der Waals surface area (Å²) in [6, 6.07) is 5.07. The van der Waals surface area contributed by atoms with Crippen LogP contribution < -0.4 is 10.1 Å². The molecular formula is C15H18N4O3. The highest BCUT2D eigenvalue weighted by atomic mass is 16.5. The summed E-state index contributed by atoms with van der Waals surface area (Å²) in [6.45, 7) is 0. The van der Waals surface area contributed by atoms with Crippen LogP contribution in [0.3, 0.4) is 0 Å². The lowest BCUT2D eigenvalue weighted by Crippen LogP contribution is -2.41. The van der Waals surface area contributed by atoms with E-state index in [1.54, 1.807) is 25.4 Å². The number of hydrogen-bond acceptors (Lipinski definition) is 5. The Hall–Kier alpha value is -2.41. The van der Waals surface area contributed by atoms with Gasteiger partial charge in [0.15, 0.2) is 0 Å². The van der Waals surface area contributed by atoms with Gasteiger partial charge in [-0.05, 0) is 30.4 Å². The van der Waals surface area contributed by atoms with Crippen molar-refractivity contribution in [2.75, 3.05) is 7.11 Å². The second-order valence-electron chi connectivity index (χ2n) is 5.44. The molecule has 2 aromatic rings. The first-order chi connectivity index (χ1) is 10.7. The van der Waals surface area contributed by atoms with Crippen molar-refractivity contribution in [3.63, 3.8) is 0 Å². The summed E-state index contributed by atoms with van der Waals surface area (Å²) < 4.78 is 5.06. The van der Waals surface area contributed by atoms with Crippen molar-refractivity contribution in [3.8, 4) is 5.88 Å². The van der Waals surface area contributed by atoms with E-state index in [-0.39, 0.29) is 24.0 Å². The quantitative estimate of drug-likeness (QED) is 0.766. The molecule has 22 heavy (non-hydrogen) atoms. The molecule has 2 heterocycles. The number of aromatic nitrogens is 3. The summed E-state index contributed by atoms with van der Waals surface area (Å²) in [5, 5.41) is 19.0. The molecule has 1 atom stereocenters. The second-order valence-corrected chi connectivity index (χ2v) is 5.44. The molecule has 0 radical (unpaired) electrons. The van der Waals surface area contributed by atoms with Gasteiger partial charge in [0.05, 0.1) is 19.3 Å². The van der Waals surface area contributed by atoms with Gasteiger partial charge in [0.2, 0.25) is 5.88 Å². The molecule has 0 bridgehead atoms. The maximum absolute atomic E-state index is 12.2. The molecule has 1 saturated carbocycles. The second kappa shape index (κ2) is 6.15. The number of nitrogens with zero attached hydrogens (tertiary/aromatic N) is 2. The normalized spacial score (nSPS) is 21.7. The van der Waals surface area contributed by atoms with E-state index < -0.39 is 0 Å². The molecule has 7 heteroatoms. The molecule has 0 saturated heterocycles. The molecule has 0 unspecified atom stereocenters. The SMILES string of the molecule is COc1ccc([C@@H](NC(=O)c2ccn[nH]2)C2CC(O)C2)cn1. The average molecular weight is 302 g/mol. The fourth-order valence-corrected chi connectivity index (χ4v) is 2.67. The number of pyridine rings is 1. The van der Waals surface area contributed by atoms with Gasteiger partial charge in [-0.3, -0.25) is 9.89 Å². The summed E-state index contributed by atoms with van der Waals surface area (Å²) in [5.41, 5.74) is 1.30. The van der Waals surface area contributed by atoms with E-state index in [1.165, 1.54) is 6.20 Å². The van der Waals surface area contributed by atoms with Crippen molar-refractivity contribution in [2.45, 2.75) is 25.0 Å². The minimum absolute atomic E-state index is 0.192. The monoisotopic (exact) mass is 302 g/mol. The van der Waals surface area contributed by atoms with E-state index in [1.807, 2.05) is 6.07 Å². The Labute approximate surface area is 127 Å². The zero-order valence-electron chi connectivity index (χ0n) is 12.2. The Morgan fingerprint density at radius 1 is 1.45 bits per heavy atom. The molecular weight excluding hydrogens is 284 g/mol. The predicted octanol–water partition coefficient (Wildman–Crippen LogP) is 1.06. The molecule has 1 amide bonds. The zero-order chi connectivity index (χ0) is 15.5. The molecule has 7 nitrogen and oxygen atoms in total. The lowest BCUT2D eigenvalue weighted by atomic mass is 9.75. The first-order valence-corrected chi connectivity index (χ1v) is 7.15. The Kier molecular flexibility index (Phi) is 4.06. The third kappa shape index (κ3) is 2.94. The molecule has 1 fully saturated rings. The van der Waals surface area contributed by atoms with E-state index in [2.05, 4.69) is 20.5 Å². The molecule has 116 valence electrons. The van der Waals surface area contributed by atoms with Crippen molar-refractivity contribution in [2.24, 2.45) is 5.92 Å². The number of ether oxygens (including phenoxy) is 1. The zero-order valence-corrected chi connectivity index (χ0v) is 12.2. The van der Waals surface area contributed by atoms with Gasteiger partial charge in [-0.25, -0.2) is 4.98 Å². The van der Waals surface area contributed by atoms with Crippen LogP contribution in [-0.4, -0.2) is 39.4 Å². The highest BCUT2D eigenvalue weighted by Gasteiger charge is 2.36. The molecule has 3 rings (SSSR count). The van der Waals surface area contributed by atoms with Gasteiger partial charge in [-0.1, -0.05) is 6.07 Å². The number of rotatable bonds is 5. The minimum Gasteiger partial charge on any atom is -0.481 e. The van der Waals surface area contributed by atoms with Gasteiger partial charge in [0.25, 0.3) is 5.91 Å². The van der Waals surface area contributed by atoms with Crippen molar-refractivity contribution < 1.29 is 14.6 Å². The van der Waals surface area contributed by atoms with Crippen molar-refractivity contribution in [1.29, 1.82) is 0 Å². The maximum Gasteiger partial charge on any atom is 0.269 e. The molecule has 0 aromatic carbocycles. The van der Waals surface area contributed by atoms with Gasteiger partial charge in [-0.15, -0.1) is 0 Å². The van der Waals surface area contributed by atoms with E-state index >= 15 is 0 Å². The van der Waals surface area contributed by atoms with E-state index in [0.717, 1.165) is 5.56 Å². The Bertz CT molecular complexity index is 621. The Balaban J connectivity index is 1.78. The van der Waals surface area contributed by atoms with Crippen molar-refractivity contribution in [1.82, 2.24) is 20.5 Å². The van der Waals surface area contributed by atoms with Crippen LogP contribution in [0.25, 0.3) is 0 Å². The summed E-state index contributed by atoms with van der Waals surface area (Å²) in [4.78, 5) is 16.4. The summed E-state index contributed by atoms with van der Waals surface area (Å²) in [6.07, 6.45) is 4.27. The van der Waals surface area contributed by atoms with E-state index in [4.69, 9.17) is 4.74 Å². The van der Waals surface area contributed by atoms with Crippen LogP contribution in [0.4, 0.5) is 0 Å². The lowest BCUT2D eigenvalue weighted by molar-refractivity contribution is 0.0234. The van der Waals surface area contributed by atoms with Crippen LogP contribution in [0.15, 0.2) is 30.6 Å². The molecule has 1 aliphatic rings. The fraction of sp³-hybridized carbons (Fsp3) is 0.400. The van der Waals surface area contributed by atoms with Crippen LogP contribution in [0, 0.1) is 5.92 Å². The standard InChI is InChI=1S/C15H18N4O3/c1-22-13-3-2-9(8-16-13)14(10-6-11(20)7-10)18-15(21)12-4-5-17-19-12/h2-5,8,10-11,14,20H,6-7H2,1H3,(H,17,19)(H,18,21)/t10?,11?,14-/m1/s1. The third-order valence-electron chi connectivity index (χ3n) is 3.98. The van der Waals surface area contributed by atoms with Gasteiger partial charge >= 0.3 is 0 Å². The van der Waals surface area contributed by atoms with E-state index in [9.17, 15) is 9.90 Å². The number of H-pyrrole nitrogens is 1. The van der Waals surface area contributed by atoms with Crippen LogP contribution in [0.1, 0.15) is 34.9 Å². The minimum atomic E-state index is -0.289. The largest absolute Gasteiger partial charge is 0.481 e. The Morgan fingerprint density at radius 3 is 2.82 bits per heavy atom. The van der Waals surface area contributed by atoms with Crippen LogP contribution in [-0.2, 0) is 0 Å². The molecule has 0 aliphatic heterocycles. The number of aromatic amines is 1. The number of amides is 1. The number of aliphatic hydroxyl groups is 1. The number of carbonyl (C=O) groups excluding carboxylic acids is 1. The predicted molar refractivity (Wildman–Crippen MR) is 78.3 cm³/mol. The smallest absolute Gasteiger partial charge is 0.269 e. The third-order valence-corrected chi connectivity index (χ3v) is 3.98. The van der Waals surface area contributed by atoms with Gasteiger partial charge in [0.1, 0.15) is 5.69 Å². The highest BCUT2D eigenvalue weighted by molar-refractivity contribution is 5.92. The molecule has 3 N–H and O–H groups in total. The highest BCUT2D eigenvalue weighted by Crippen LogP contribution is 2.38. The molecule has 1 aliphatic carbocycles. The van der Waals surface area contributed by atoms with Gasteiger partial charge < -0.3 is 15.2 Å². The van der Waals surface area contributed by atoms with Crippen LogP contribution >= 0.6 is 0 Å². The number of methoxy groups -OCH3 is 1. The summed E-state index contributed by atoms with van der Waals surface area (Å²) in [7, 11) is 1.56. The maximum atomic E-state index is 12.2. The Morgan fingerprint density at radius 2 is 2.27 bits per heavy atom. The summed E-state index contributed by atoms with van der Waals surface area (Å²) >= 11 is 0. The molecule has 2 aromatic heterocycles. The first kappa shape index (κ1) is 14.5. The van der Waals surface area contributed by atoms with Gasteiger partial charge in [0, 0.05) is 18.5 Å². The number of aliphatic hydroxyl groups excluding tert-OH is 1. The number of carbonyl (C=O) groups is 1. The van der Waals surface area contributed by atoms with Gasteiger partial charge in [-0.2, -0.15) is 5.10 Å². The molecule has 0 spiro atoms. The number of nitrogens with one attached hydrogen (secondary N) is 2. The summed E-state index contributed by atoms with van der Waals surface area (Å²) in [5.74, 6) is 0.493. The van der Waals surface area contributed by atoms with E-state index in [0.29, 0.717) is 24.4 Å². The average Bonchev–Trinajstić information content (AvgIpc) is 3.04. The topological polar surface area (TPSA) is 100 Å². The van der Waals surface area contributed by atoms with Crippen LogP contribution in [0.2, 0.25) is 0 Å². The number of hydrogen-bond donors (Lipinski definition) is 3. The fourth-order valence-electron chi connectivity index (χ4n) is 2.67. The van der Waals surface area contributed by atoms with Crippen molar-refractivity contribution >= 4 is 5.91 Å². The van der Waals surface area contributed by atoms with Crippen molar-refractivity contribution in [3.05, 3.63) is 41.9 Å². The van der Waals surface area contributed by atoms with Crippen LogP contribution in [0.5, 0.6) is 5.88 Å². The lowest BCUT2D eigenvalue weighted by Gasteiger charge is -2.38.